The minimum absolute atomic E-state index is 0.0103. The lowest BCUT2D eigenvalue weighted by Crippen LogP contribution is -2.82. The van der Waals surface area contributed by atoms with Crippen LogP contribution in [0.3, 0.4) is 0 Å². The van der Waals surface area contributed by atoms with Gasteiger partial charge in [-0.15, -0.1) is 35.8 Å². The quantitative estimate of drug-likeness (QED) is 0.0199. The number of nitrogens with zero attached hydrogens (tertiary/aromatic N) is 9. The Morgan fingerprint density at radius 3 is 0.475 bits per heavy atom. The highest BCUT2D eigenvalue weighted by atomic mass is 16.3. The molecule has 0 saturated carbocycles. The van der Waals surface area contributed by atoms with E-state index in [4.69, 9.17) is 63.1 Å². The van der Waals surface area contributed by atoms with E-state index in [1.54, 1.807) is 0 Å². The number of amides is 11. The monoisotopic (exact) mass is 1410 g/mol. The van der Waals surface area contributed by atoms with E-state index < -0.39 is 273 Å². The van der Waals surface area contributed by atoms with Crippen LogP contribution in [0.1, 0.15) is 141 Å². The molecule has 0 aliphatic rings. The van der Waals surface area contributed by atoms with Crippen molar-refractivity contribution in [2.75, 3.05) is 0 Å². The number of rotatable bonds is 65. The zero-order valence-corrected chi connectivity index (χ0v) is 54.1. The lowest BCUT2D eigenvalue weighted by Gasteiger charge is -2.61. The number of carbonyl (C=O) groups is 22. The van der Waals surface area contributed by atoms with Gasteiger partial charge in [-0.05, 0) is 70.6 Å². The molecule has 0 aromatic heterocycles. The summed E-state index contributed by atoms with van der Waals surface area (Å²) in [5.41, 5.74) is 67.0. The van der Waals surface area contributed by atoms with Gasteiger partial charge in [0.25, 0.3) is 0 Å². The molecule has 0 saturated heterocycles. The molecule has 0 aliphatic heterocycles. The van der Waals surface area contributed by atoms with E-state index in [2.05, 4.69) is 10.9 Å². The van der Waals surface area contributed by atoms with Gasteiger partial charge in [0.15, 0.2) is 0 Å². The fourth-order valence-corrected chi connectivity index (χ4v) is 9.46. The highest BCUT2D eigenvalue weighted by Crippen LogP contribution is 2.34. The molecule has 44 nitrogen and oxygen atoms in total. The minimum Gasteiger partial charge on any atom is -0.370 e. The van der Waals surface area contributed by atoms with Crippen LogP contribution in [0.2, 0.25) is 0 Å². The molecule has 0 unspecified atom stereocenters. The van der Waals surface area contributed by atoms with Crippen LogP contribution in [-0.2, 0) is 105 Å². The van der Waals surface area contributed by atoms with Crippen molar-refractivity contribution in [1.82, 2.24) is 56.9 Å². The average molecular weight is 1410 g/mol. The largest absolute Gasteiger partial charge is 0.370 e. The Labute approximate surface area is 565 Å². The zero-order chi connectivity index (χ0) is 75.6. The standard InChI is InChI=1S/C55H90N22O22/c56-45(89)12-1-34(23-78)67-69(36(25-80)3-14-47(58)91)71(38(27-82)5-16-49(60)93)73(40(29-84)7-18-51(62)95)75(42(31-86)9-20-53(64)97)77(44(33-88)11-22-55(66)99)76(43(32-87)10-21-54(65)98)74(41(30-85)8-19-52(63)96)72(39(28-83)6-17-50(61)94)70(37(26-81)4-15-48(59)92)68-35(24-79)2-13-46(57)90/h23-44,67-68H,1-22H2,(H2,56,89)(H2,57,90)(H2,58,91)(H2,59,92)(H2,60,93)(H2,61,94)(H2,62,95)(H2,63,96)(H2,64,97)(H2,65,98)(H2,66,99)/t34-,35-,36-,37-,38-,39-,40-,41-,42-,43-,44-/m0/s1. The number of primary amides is 11. The van der Waals surface area contributed by atoms with Gasteiger partial charge in [0.2, 0.25) is 65.0 Å². The molecule has 0 aliphatic carbocycles. The number of nitrogens with two attached hydrogens (primary N) is 11. The van der Waals surface area contributed by atoms with E-state index in [0.717, 1.165) is 0 Å². The molecular weight excluding hydrogens is 1320 g/mol. The second-order valence-corrected chi connectivity index (χ2v) is 22.1. The third kappa shape index (κ3) is 31.9. The normalized spacial score (nSPS) is 14.9. The van der Waals surface area contributed by atoms with Gasteiger partial charge in [0.1, 0.15) is 69.1 Å². The maximum atomic E-state index is 14.8. The van der Waals surface area contributed by atoms with Crippen molar-refractivity contribution < 1.29 is 105 Å². The first-order valence-electron chi connectivity index (χ1n) is 30.5. The summed E-state index contributed by atoms with van der Waals surface area (Å²) >= 11 is 0. The van der Waals surface area contributed by atoms with Gasteiger partial charge in [0, 0.05) is 70.6 Å². The lowest BCUT2D eigenvalue weighted by atomic mass is 10.1. The molecule has 0 bridgehead atoms. The molecule has 0 rings (SSSR count). The van der Waals surface area contributed by atoms with Crippen molar-refractivity contribution in [1.29, 1.82) is 0 Å². The summed E-state index contributed by atoms with van der Waals surface area (Å²) in [4.78, 5) is 298. The number of hydrazine groups is 10. The Kier molecular flexibility index (Phi) is 43.1. The van der Waals surface area contributed by atoms with Gasteiger partial charge in [-0.25, -0.2) is 10.9 Å². The van der Waals surface area contributed by atoms with Crippen LogP contribution in [0.4, 0.5) is 0 Å². The van der Waals surface area contributed by atoms with Crippen molar-refractivity contribution in [2.24, 2.45) is 63.1 Å². The van der Waals surface area contributed by atoms with Crippen LogP contribution in [0.25, 0.3) is 0 Å². The summed E-state index contributed by atoms with van der Waals surface area (Å²) < 4.78 is 0. The molecule has 11 atom stereocenters. The average Bonchev–Trinajstić information content (AvgIpc) is 0.744. The van der Waals surface area contributed by atoms with Gasteiger partial charge in [0.05, 0.1) is 66.5 Å². The summed E-state index contributed by atoms with van der Waals surface area (Å²) in [6.07, 6.45) is -20.7. The lowest BCUT2D eigenvalue weighted by molar-refractivity contribution is -0.471. The zero-order valence-electron chi connectivity index (χ0n) is 54.1. The second-order valence-electron chi connectivity index (χ2n) is 22.1. The molecule has 0 fully saturated rings. The minimum atomic E-state index is -2.54. The smallest absolute Gasteiger partial charge is 0.217 e. The number of carbonyl (C=O) groups excluding carboxylic acids is 22. The highest BCUT2D eigenvalue weighted by Gasteiger charge is 2.54. The molecule has 0 aromatic rings. The van der Waals surface area contributed by atoms with E-state index in [-0.39, 0.29) is 69.1 Å². The molecule has 99 heavy (non-hydrogen) atoms. The maximum absolute atomic E-state index is 14.8. The Hall–Kier alpha value is -9.90. The summed E-state index contributed by atoms with van der Waals surface area (Å²) in [6.45, 7) is 0. The molecule has 0 radical (unpaired) electrons. The highest BCUT2D eigenvalue weighted by molar-refractivity contribution is 5.79. The Morgan fingerprint density at radius 1 is 0.202 bits per heavy atom. The van der Waals surface area contributed by atoms with Crippen LogP contribution < -0.4 is 73.9 Å². The summed E-state index contributed by atoms with van der Waals surface area (Å²) in [7, 11) is 0. The molecule has 24 N–H and O–H groups in total. The van der Waals surface area contributed by atoms with Gasteiger partial charge in [-0.3, -0.25) is 52.7 Å². The van der Waals surface area contributed by atoms with Crippen LogP contribution in [0.5, 0.6) is 0 Å². The summed E-state index contributed by atoms with van der Waals surface area (Å²) in [6, 6.07) is -25.1. The number of nitrogens with one attached hydrogen (secondary N) is 2. The predicted octanol–water partition coefficient (Wildman–Crippen LogP) is -10.8. The Morgan fingerprint density at radius 2 is 0.333 bits per heavy atom. The molecular formula is C55H90N22O22. The maximum Gasteiger partial charge on any atom is 0.217 e. The fourth-order valence-electron chi connectivity index (χ4n) is 9.46. The third-order valence-electron chi connectivity index (χ3n) is 14.3. The molecule has 552 valence electrons. The number of hydrogen-bond acceptors (Lipinski definition) is 33. The number of aldehydes is 11. The van der Waals surface area contributed by atoms with Crippen LogP contribution in [0, 0.1) is 0 Å². The molecule has 11 amide bonds. The van der Waals surface area contributed by atoms with E-state index in [1.165, 1.54) is 0 Å². The van der Waals surface area contributed by atoms with E-state index in [9.17, 15) is 105 Å². The summed E-state index contributed by atoms with van der Waals surface area (Å²) in [5, 5.41) is 3.57. The van der Waals surface area contributed by atoms with Crippen molar-refractivity contribution in [3.8, 4) is 0 Å². The van der Waals surface area contributed by atoms with Crippen molar-refractivity contribution in [3.63, 3.8) is 0 Å². The molecule has 0 spiro atoms. The van der Waals surface area contributed by atoms with Crippen LogP contribution in [0.15, 0.2) is 0 Å². The Bertz CT molecular complexity index is 2660. The van der Waals surface area contributed by atoms with Crippen LogP contribution >= 0.6 is 0 Å². The topological polar surface area (TPSA) is 715 Å². The van der Waals surface area contributed by atoms with E-state index >= 15 is 0 Å². The second kappa shape index (κ2) is 47.9. The first-order valence-corrected chi connectivity index (χ1v) is 30.5. The van der Waals surface area contributed by atoms with E-state index in [1.807, 2.05) is 0 Å². The fraction of sp³-hybridized carbons (Fsp3) is 0.600. The van der Waals surface area contributed by atoms with Gasteiger partial charge >= 0.3 is 0 Å². The SMILES string of the molecule is NC(=O)CC[C@@H](C=O)NN([C@H](C=O)CCC(N)=O)N([C@H](C=O)CCC(N)=O)N([C@H](C=O)CCC(N)=O)N([C@H](C=O)CCC(N)=O)N([C@H](C=O)CCC(N)=O)N([C@H](C=O)CCC(N)=O)N([C@H](C=O)CCC(N)=O)N([C@H](C=O)CCC(N)=O)N(N[C@H](C=O)CCC(N)=O)[C@H](C=O)CCC(N)=O. The Balaban J connectivity index is 12.1. The summed E-state index contributed by atoms with van der Waals surface area (Å²) in [5.74, 6) is -13.4. The van der Waals surface area contributed by atoms with E-state index in [0.29, 0.717) is 46.1 Å². The van der Waals surface area contributed by atoms with Gasteiger partial charge in [-0.1, -0.05) is 0 Å². The van der Waals surface area contributed by atoms with Gasteiger partial charge in [-0.2, -0.15) is 10.2 Å². The van der Waals surface area contributed by atoms with Crippen molar-refractivity contribution in [3.05, 3.63) is 0 Å². The van der Waals surface area contributed by atoms with Crippen molar-refractivity contribution in [2.45, 2.75) is 208 Å². The van der Waals surface area contributed by atoms with Gasteiger partial charge < -0.3 is 116 Å². The molecule has 44 heteroatoms. The molecule has 0 aromatic carbocycles. The predicted molar refractivity (Wildman–Crippen MR) is 334 cm³/mol. The first-order chi connectivity index (χ1) is 46.8. The van der Waals surface area contributed by atoms with Crippen LogP contribution in [-0.4, -0.2) is 247 Å². The number of hydrogen-bond donors (Lipinski definition) is 13. The molecule has 0 heterocycles. The van der Waals surface area contributed by atoms with Crippen molar-refractivity contribution >= 4 is 134 Å². The third-order valence-corrected chi connectivity index (χ3v) is 14.3. The first kappa shape index (κ1) is 89.1.